The molecule has 5 nitrogen and oxygen atoms in total. The Morgan fingerprint density at radius 1 is 0.972 bits per heavy atom. The molecule has 0 radical (unpaired) electrons. The topological polar surface area (TPSA) is 66.5 Å². The summed E-state index contributed by atoms with van der Waals surface area (Å²) in [6.07, 6.45) is 10.1. The summed E-state index contributed by atoms with van der Waals surface area (Å²) in [5.41, 5.74) is 3.30. The molecule has 1 N–H and O–H groups in total. The number of carbonyl (C=O) groups is 1. The number of piperidine rings is 1. The first-order chi connectivity index (χ1) is 17.3. The van der Waals surface area contributed by atoms with E-state index in [2.05, 4.69) is 24.4 Å². The number of nitrogens with zero attached hydrogens (tertiary/aromatic N) is 1. The summed E-state index contributed by atoms with van der Waals surface area (Å²) in [4.78, 5) is 13.8. The number of sulfonamides is 1. The lowest BCUT2D eigenvalue weighted by Gasteiger charge is -2.40. The highest BCUT2D eigenvalue weighted by molar-refractivity contribution is 7.89. The maximum Gasteiger partial charge on any atom is 0.243 e. The van der Waals surface area contributed by atoms with Gasteiger partial charge in [-0.25, -0.2) is 8.42 Å². The van der Waals surface area contributed by atoms with Crippen molar-refractivity contribution in [1.82, 2.24) is 9.62 Å². The average molecular weight is 527 g/mol. The van der Waals surface area contributed by atoms with Crippen LogP contribution in [0.4, 0.5) is 0 Å². The molecule has 0 saturated carbocycles. The molecule has 1 fully saturated rings. The highest BCUT2D eigenvalue weighted by Gasteiger charge is 2.43. The van der Waals surface area contributed by atoms with Gasteiger partial charge in [0.25, 0.3) is 0 Å². The fraction of sp³-hybridized carbons (Fsp3) is 0.414. The van der Waals surface area contributed by atoms with E-state index >= 15 is 0 Å². The van der Waals surface area contributed by atoms with Gasteiger partial charge in [-0.3, -0.25) is 4.79 Å². The Bertz CT molecular complexity index is 1210. The van der Waals surface area contributed by atoms with Gasteiger partial charge >= 0.3 is 0 Å². The fourth-order valence-electron chi connectivity index (χ4n) is 5.13. The van der Waals surface area contributed by atoms with E-state index in [4.69, 9.17) is 11.6 Å². The summed E-state index contributed by atoms with van der Waals surface area (Å²) in [6.45, 7) is 3.40. The van der Waals surface area contributed by atoms with Gasteiger partial charge in [0, 0.05) is 24.7 Å². The second-order valence-electron chi connectivity index (χ2n) is 9.81. The second kappa shape index (κ2) is 11.8. The molecule has 2 aliphatic rings. The van der Waals surface area contributed by atoms with Crippen LogP contribution in [0, 0.1) is 5.41 Å². The summed E-state index contributed by atoms with van der Waals surface area (Å²) in [7, 11) is -3.64. The molecule has 0 unspecified atom stereocenters. The van der Waals surface area contributed by atoms with E-state index in [0.29, 0.717) is 43.9 Å². The van der Waals surface area contributed by atoms with Crippen LogP contribution in [0.1, 0.15) is 51.0 Å². The van der Waals surface area contributed by atoms with Crippen LogP contribution in [-0.2, 0) is 21.2 Å². The number of rotatable bonds is 9. The van der Waals surface area contributed by atoms with E-state index in [1.54, 1.807) is 12.1 Å². The predicted molar refractivity (Wildman–Crippen MR) is 145 cm³/mol. The normalized spacial score (nSPS) is 18.3. The minimum atomic E-state index is -3.64. The van der Waals surface area contributed by atoms with E-state index in [1.165, 1.54) is 27.6 Å². The fourth-order valence-corrected chi connectivity index (χ4v) is 6.70. The van der Waals surface area contributed by atoms with Crippen molar-refractivity contribution < 1.29 is 13.2 Å². The van der Waals surface area contributed by atoms with Gasteiger partial charge in [-0.1, -0.05) is 72.2 Å². The van der Waals surface area contributed by atoms with Crippen LogP contribution in [0.3, 0.4) is 0 Å². The van der Waals surface area contributed by atoms with Gasteiger partial charge in [0.2, 0.25) is 15.9 Å². The maximum atomic E-state index is 13.6. The quantitative estimate of drug-likeness (QED) is 0.441. The van der Waals surface area contributed by atoms with Gasteiger partial charge in [0.15, 0.2) is 0 Å². The maximum absolute atomic E-state index is 13.6. The number of benzene rings is 2. The molecule has 0 atom stereocenters. The molecule has 1 aliphatic carbocycles. The number of hydrogen-bond donors (Lipinski definition) is 1. The number of amides is 1. The van der Waals surface area contributed by atoms with Crippen LogP contribution in [-0.4, -0.2) is 38.3 Å². The van der Waals surface area contributed by atoms with Crippen LogP contribution in [0.25, 0.3) is 0 Å². The Labute approximate surface area is 220 Å². The zero-order valence-electron chi connectivity index (χ0n) is 20.9. The average Bonchev–Trinajstić information content (AvgIpc) is 2.90. The Balaban J connectivity index is 1.45. The summed E-state index contributed by atoms with van der Waals surface area (Å²) < 4.78 is 27.9. The number of hydrogen-bond acceptors (Lipinski definition) is 3. The third-order valence-corrected chi connectivity index (χ3v) is 9.67. The molecule has 0 bridgehead atoms. The molecule has 4 rings (SSSR count). The summed E-state index contributed by atoms with van der Waals surface area (Å²) in [6, 6.07) is 16.3. The Morgan fingerprint density at radius 3 is 2.22 bits per heavy atom. The Hall–Kier alpha value is -2.41. The van der Waals surface area contributed by atoms with Crippen molar-refractivity contribution in [3.05, 3.63) is 88.5 Å². The van der Waals surface area contributed by atoms with Crippen molar-refractivity contribution in [2.75, 3.05) is 19.6 Å². The van der Waals surface area contributed by atoms with Crippen LogP contribution < -0.4 is 5.32 Å². The summed E-state index contributed by atoms with van der Waals surface area (Å²) in [5, 5.41) is 3.69. The largest absolute Gasteiger partial charge is 0.355 e. The first kappa shape index (κ1) is 26.6. The predicted octanol–water partition coefficient (Wildman–Crippen LogP) is 5.92. The minimum absolute atomic E-state index is 0.0242. The molecule has 7 heteroatoms. The van der Waals surface area contributed by atoms with E-state index in [-0.39, 0.29) is 10.8 Å². The lowest BCUT2D eigenvalue weighted by atomic mass is 9.73. The standard InChI is InChI=1S/C29H35ClN2O3S/c1-2-23-8-10-24(11-9-23)16-19-31-28(33)29(22-25-6-4-3-5-7-25)17-20-32(21-18-29)36(34,35)27-14-12-26(30)13-15-27/h3-8,10,12-15H,2,9,11,16-22H2,1H3,(H,31,33). The first-order valence-corrected chi connectivity index (χ1v) is 14.6. The van der Waals surface area contributed by atoms with Gasteiger partial charge < -0.3 is 5.32 Å². The number of nitrogens with one attached hydrogen (secondary N) is 1. The van der Waals surface area contributed by atoms with Gasteiger partial charge in [-0.05, 0) is 74.8 Å². The lowest BCUT2D eigenvalue weighted by molar-refractivity contribution is -0.133. The van der Waals surface area contributed by atoms with Crippen LogP contribution in [0.15, 0.2) is 82.8 Å². The van der Waals surface area contributed by atoms with Crippen molar-refractivity contribution >= 4 is 27.5 Å². The lowest BCUT2D eigenvalue weighted by Crippen LogP contribution is -2.51. The smallest absolute Gasteiger partial charge is 0.243 e. The molecular weight excluding hydrogens is 492 g/mol. The summed E-state index contributed by atoms with van der Waals surface area (Å²) in [5.74, 6) is 0.0242. The summed E-state index contributed by atoms with van der Waals surface area (Å²) >= 11 is 5.94. The third kappa shape index (κ3) is 6.28. The zero-order chi connectivity index (χ0) is 25.6. The molecule has 192 valence electrons. The monoisotopic (exact) mass is 526 g/mol. The van der Waals surface area contributed by atoms with Crippen LogP contribution in [0.2, 0.25) is 5.02 Å². The van der Waals surface area contributed by atoms with Gasteiger partial charge in [-0.2, -0.15) is 4.31 Å². The molecule has 36 heavy (non-hydrogen) atoms. The van der Waals surface area contributed by atoms with Crippen molar-refractivity contribution in [2.45, 2.75) is 56.8 Å². The van der Waals surface area contributed by atoms with Crippen molar-refractivity contribution in [3.8, 4) is 0 Å². The van der Waals surface area contributed by atoms with Gasteiger partial charge in [0.05, 0.1) is 10.3 Å². The van der Waals surface area contributed by atoms with Gasteiger partial charge in [-0.15, -0.1) is 0 Å². The van der Waals surface area contributed by atoms with Crippen molar-refractivity contribution in [1.29, 1.82) is 0 Å². The second-order valence-corrected chi connectivity index (χ2v) is 12.2. The first-order valence-electron chi connectivity index (χ1n) is 12.8. The zero-order valence-corrected chi connectivity index (χ0v) is 22.5. The van der Waals surface area contributed by atoms with Crippen LogP contribution in [0.5, 0.6) is 0 Å². The highest BCUT2D eigenvalue weighted by atomic mass is 35.5. The van der Waals surface area contributed by atoms with E-state index in [1.807, 2.05) is 30.3 Å². The molecule has 2 aromatic carbocycles. The molecule has 1 amide bonds. The van der Waals surface area contributed by atoms with Gasteiger partial charge in [0.1, 0.15) is 0 Å². The van der Waals surface area contributed by atoms with E-state index in [9.17, 15) is 13.2 Å². The Kier molecular flexibility index (Phi) is 8.70. The molecule has 1 heterocycles. The number of allylic oxidation sites excluding steroid dienone is 3. The molecule has 1 saturated heterocycles. The molecule has 0 aromatic heterocycles. The van der Waals surface area contributed by atoms with Crippen molar-refractivity contribution in [2.24, 2.45) is 5.41 Å². The molecular formula is C29H35ClN2O3S. The minimum Gasteiger partial charge on any atom is -0.355 e. The van der Waals surface area contributed by atoms with Crippen LogP contribution >= 0.6 is 11.6 Å². The molecule has 0 spiro atoms. The third-order valence-electron chi connectivity index (χ3n) is 7.51. The number of halogens is 1. The van der Waals surface area contributed by atoms with E-state index in [0.717, 1.165) is 31.2 Å². The molecule has 1 aliphatic heterocycles. The van der Waals surface area contributed by atoms with Crippen molar-refractivity contribution in [3.63, 3.8) is 0 Å². The highest BCUT2D eigenvalue weighted by Crippen LogP contribution is 2.37. The van der Waals surface area contributed by atoms with E-state index < -0.39 is 15.4 Å². The molecule has 2 aromatic rings. The number of carbonyl (C=O) groups excluding carboxylic acids is 1. The Morgan fingerprint density at radius 2 is 1.61 bits per heavy atom. The SMILES string of the molecule is CCC1=CC=C(CCNC(=O)C2(Cc3ccccc3)CCN(S(=O)(=O)c3ccc(Cl)cc3)CC2)CC1.